The maximum absolute atomic E-state index is 9.05. The molecule has 0 bridgehead atoms. The third-order valence-electron chi connectivity index (χ3n) is 2.92. The molecule has 0 fully saturated rings. The first-order valence-electron chi connectivity index (χ1n) is 6.91. The molecule has 124 valence electrons. The minimum Gasteiger partial charge on any atom is -0.395 e. The Labute approximate surface area is 137 Å². The fraction of sp³-hybridized carbons (Fsp3) is 0.286. The zero-order chi connectivity index (χ0) is 16.5. The number of benzene rings is 1. The first-order valence-corrected chi connectivity index (χ1v) is 7.73. The van der Waals surface area contributed by atoms with Crippen LogP contribution in [0.25, 0.3) is 0 Å². The highest BCUT2D eigenvalue weighted by molar-refractivity contribution is 7.19. The molecule has 0 spiro atoms. The normalized spacial score (nSPS) is 11.1. The van der Waals surface area contributed by atoms with Crippen LogP contribution in [0.1, 0.15) is 0 Å². The lowest BCUT2D eigenvalue weighted by molar-refractivity contribution is -0.215. The average molecular weight is 338 g/mol. The van der Waals surface area contributed by atoms with E-state index in [0.29, 0.717) is 24.5 Å². The van der Waals surface area contributed by atoms with Gasteiger partial charge in [0.05, 0.1) is 29.6 Å². The molecule has 8 nitrogen and oxygen atoms in total. The van der Waals surface area contributed by atoms with Crippen LogP contribution in [0.3, 0.4) is 0 Å². The lowest BCUT2D eigenvalue weighted by Crippen LogP contribution is -2.28. The first-order chi connectivity index (χ1) is 11.3. The number of aliphatic hydroxyl groups is 2. The van der Waals surface area contributed by atoms with Crippen molar-refractivity contribution in [2.75, 3.05) is 36.7 Å². The fourth-order valence-electron chi connectivity index (χ4n) is 1.87. The number of hydrogen-bond acceptors (Lipinski definition) is 9. The van der Waals surface area contributed by atoms with Gasteiger partial charge in [-0.25, -0.2) is 10.7 Å². The number of anilines is 2. The van der Waals surface area contributed by atoms with E-state index in [4.69, 9.17) is 15.5 Å². The van der Waals surface area contributed by atoms with Gasteiger partial charge in [-0.05, 0) is 36.4 Å². The van der Waals surface area contributed by atoms with E-state index in [-0.39, 0.29) is 13.2 Å². The van der Waals surface area contributed by atoms with Gasteiger partial charge in [0, 0.05) is 13.1 Å². The van der Waals surface area contributed by atoms with Crippen molar-refractivity contribution in [3.8, 4) is 0 Å². The van der Waals surface area contributed by atoms with Crippen molar-refractivity contribution in [2.24, 2.45) is 10.2 Å². The molecular formula is C14H18N4O4S. The number of azo groups is 1. The Morgan fingerprint density at radius 1 is 1.00 bits per heavy atom. The van der Waals surface area contributed by atoms with Crippen molar-refractivity contribution in [3.05, 3.63) is 36.4 Å². The molecule has 2 rings (SSSR count). The van der Waals surface area contributed by atoms with Gasteiger partial charge in [-0.15, -0.1) is 15.2 Å². The highest BCUT2D eigenvalue weighted by atomic mass is 32.1. The van der Waals surface area contributed by atoms with Crippen molar-refractivity contribution in [1.29, 1.82) is 0 Å². The molecule has 1 aromatic heterocycles. The topological polar surface area (TPSA) is 110 Å². The summed E-state index contributed by atoms with van der Waals surface area (Å²) in [7, 11) is 0. The third-order valence-corrected chi connectivity index (χ3v) is 3.95. The van der Waals surface area contributed by atoms with Crippen LogP contribution in [0.5, 0.6) is 0 Å². The smallest absolute Gasteiger partial charge is 0.140 e. The minimum atomic E-state index is 0.0205. The van der Waals surface area contributed by atoms with Crippen LogP contribution >= 0.6 is 11.3 Å². The van der Waals surface area contributed by atoms with Crippen molar-refractivity contribution in [2.45, 2.75) is 0 Å². The Morgan fingerprint density at radius 2 is 1.70 bits per heavy atom. The molecule has 0 aliphatic rings. The third kappa shape index (κ3) is 5.27. The second-order valence-corrected chi connectivity index (χ2v) is 5.53. The quantitative estimate of drug-likeness (QED) is 0.318. The van der Waals surface area contributed by atoms with Gasteiger partial charge in [-0.2, -0.15) is 0 Å². The Balaban J connectivity index is 2.02. The van der Waals surface area contributed by atoms with Crippen LogP contribution in [0, 0.1) is 0 Å². The molecule has 0 amide bonds. The summed E-state index contributed by atoms with van der Waals surface area (Å²) in [5.41, 5.74) is 3.54. The van der Waals surface area contributed by atoms with Crippen LogP contribution in [0.2, 0.25) is 0 Å². The summed E-state index contributed by atoms with van der Waals surface area (Å²) in [6.45, 7) is 0.956. The SMILES string of the molecule is OCCN(CCO)c1ccc(N=Nc2ccc(NOO)cc2)s1. The van der Waals surface area contributed by atoms with Crippen molar-refractivity contribution >= 4 is 32.7 Å². The molecule has 4 N–H and O–H groups in total. The summed E-state index contributed by atoms with van der Waals surface area (Å²) >= 11 is 1.43. The molecule has 0 aliphatic carbocycles. The zero-order valence-electron chi connectivity index (χ0n) is 12.3. The fourth-order valence-corrected chi connectivity index (χ4v) is 2.75. The largest absolute Gasteiger partial charge is 0.395 e. The number of rotatable bonds is 9. The van der Waals surface area contributed by atoms with Gasteiger partial charge in [0.25, 0.3) is 0 Å². The second kappa shape index (κ2) is 9.18. The van der Waals surface area contributed by atoms with Gasteiger partial charge in [0.2, 0.25) is 0 Å². The minimum absolute atomic E-state index is 0.0205. The van der Waals surface area contributed by atoms with E-state index in [0.717, 1.165) is 10.0 Å². The monoisotopic (exact) mass is 338 g/mol. The molecule has 23 heavy (non-hydrogen) atoms. The molecule has 1 aromatic carbocycles. The molecule has 0 saturated heterocycles. The Morgan fingerprint density at radius 3 is 2.30 bits per heavy atom. The molecule has 2 aromatic rings. The maximum Gasteiger partial charge on any atom is 0.140 e. The van der Waals surface area contributed by atoms with E-state index >= 15 is 0 Å². The number of thiophene rings is 1. The van der Waals surface area contributed by atoms with Gasteiger partial charge in [0.1, 0.15) is 5.00 Å². The van der Waals surface area contributed by atoms with Gasteiger partial charge in [-0.1, -0.05) is 11.3 Å². The Kier molecular flexibility index (Phi) is 6.91. The Hall–Kier alpha value is -2.04. The highest BCUT2D eigenvalue weighted by Crippen LogP contribution is 2.33. The van der Waals surface area contributed by atoms with Gasteiger partial charge < -0.3 is 15.1 Å². The van der Waals surface area contributed by atoms with E-state index in [9.17, 15) is 0 Å². The summed E-state index contributed by atoms with van der Waals surface area (Å²) in [4.78, 5) is 5.71. The van der Waals surface area contributed by atoms with Crippen molar-refractivity contribution < 1.29 is 20.5 Å². The predicted molar refractivity (Wildman–Crippen MR) is 88.7 cm³/mol. The molecule has 0 unspecified atom stereocenters. The summed E-state index contributed by atoms with van der Waals surface area (Å²) in [5.74, 6) is 0. The first kappa shape index (κ1) is 17.3. The summed E-state index contributed by atoms with van der Waals surface area (Å²) < 4.78 is 0. The van der Waals surface area contributed by atoms with Crippen LogP contribution in [0.15, 0.2) is 46.6 Å². The molecule has 0 radical (unpaired) electrons. The van der Waals surface area contributed by atoms with Gasteiger partial charge in [0.15, 0.2) is 0 Å². The summed E-state index contributed by atoms with van der Waals surface area (Å²) in [6.07, 6.45) is 0. The summed E-state index contributed by atoms with van der Waals surface area (Å²) in [6, 6.07) is 10.5. The molecular weight excluding hydrogens is 320 g/mol. The standard InChI is InChI=1S/C14H18N4O4S/c19-9-7-18(8-10-20)14-6-5-13(23-14)16-15-11-1-3-12(4-2-11)17-22-21/h1-6,17,19-21H,7-10H2. The average Bonchev–Trinajstić information content (AvgIpc) is 3.03. The van der Waals surface area contributed by atoms with Gasteiger partial charge in [-0.3, -0.25) is 0 Å². The van der Waals surface area contributed by atoms with E-state index in [1.165, 1.54) is 11.3 Å². The summed E-state index contributed by atoms with van der Waals surface area (Å²) in [5, 5.41) is 36.3. The van der Waals surface area contributed by atoms with Crippen LogP contribution < -0.4 is 10.4 Å². The molecule has 9 heteroatoms. The lowest BCUT2D eigenvalue weighted by atomic mass is 10.3. The zero-order valence-corrected chi connectivity index (χ0v) is 13.1. The number of hydrogen-bond donors (Lipinski definition) is 4. The van der Waals surface area contributed by atoms with Crippen LogP contribution in [-0.4, -0.2) is 41.8 Å². The highest BCUT2D eigenvalue weighted by Gasteiger charge is 2.08. The molecule has 1 heterocycles. The van der Waals surface area contributed by atoms with E-state index < -0.39 is 0 Å². The molecule has 0 aliphatic heterocycles. The second-order valence-electron chi connectivity index (χ2n) is 4.49. The number of nitrogens with zero attached hydrogens (tertiary/aromatic N) is 3. The molecule has 0 saturated carbocycles. The predicted octanol–water partition coefficient (Wildman–Crippen LogP) is 2.77. The maximum atomic E-state index is 9.05. The lowest BCUT2D eigenvalue weighted by Gasteiger charge is -2.20. The molecule has 0 atom stereocenters. The van der Waals surface area contributed by atoms with Crippen LogP contribution in [0.4, 0.5) is 21.4 Å². The van der Waals surface area contributed by atoms with Crippen LogP contribution in [-0.2, 0) is 4.99 Å². The van der Waals surface area contributed by atoms with Gasteiger partial charge >= 0.3 is 0 Å². The van der Waals surface area contributed by atoms with E-state index in [2.05, 4.69) is 20.7 Å². The Bertz CT molecular complexity index is 611. The van der Waals surface area contributed by atoms with E-state index in [1.807, 2.05) is 17.0 Å². The van der Waals surface area contributed by atoms with Crippen molar-refractivity contribution in [3.63, 3.8) is 0 Å². The van der Waals surface area contributed by atoms with E-state index in [1.54, 1.807) is 24.3 Å². The number of nitrogens with one attached hydrogen (secondary N) is 1. The van der Waals surface area contributed by atoms with Crippen molar-refractivity contribution in [1.82, 2.24) is 0 Å². The number of aliphatic hydroxyl groups excluding tert-OH is 2.